The van der Waals surface area contributed by atoms with E-state index in [0.717, 1.165) is 0 Å². The second-order valence-electron chi connectivity index (χ2n) is 4.80. The van der Waals surface area contributed by atoms with E-state index in [1.165, 1.54) is 11.8 Å². The van der Waals surface area contributed by atoms with Gasteiger partial charge in [-0.2, -0.15) is 4.99 Å². The Balaban J connectivity index is 2.16. The first kappa shape index (κ1) is 12.9. The number of carbonyl (C=O) groups is 1. The number of amides is 1. The standard InChI is InChI=1S/C10H16N2O3S2/c1-6(2)9(13)11-10-12(3)7-4-17(14,15)5-8(7)16-10/h6-8H,4-5H2,1-3H3/t7-,8-/m0/s1. The lowest BCUT2D eigenvalue weighted by molar-refractivity contribution is -0.120. The molecule has 0 N–H and O–H groups in total. The molecular weight excluding hydrogens is 260 g/mol. The van der Waals surface area contributed by atoms with Crippen LogP contribution in [-0.4, -0.2) is 54.2 Å². The molecule has 0 bridgehead atoms. The largest absolute Gasteiger partial charge is 0.349 e. The van der Waals surface area contributed by atoms with Gasteiger partial charge in [-0.15, -0.1) is 0 Å². The van der Waals surface area contributed by atoms with Crippen LogP contribution in [-0.2, 0) is 14.6 Å². The van der Waals surface area contributed by atoms with E-state index in [9.17, 15) is 13.2 Å². The van der Waals surface area contributed by atoms with E-state index < -0.39 is 9.84 Å². The predicted octanol–water partition coefficient (Wildman–Crippen LogP) is 0.369. The van der Waals surface area contributed by atoms with E-state index in [1.807, 2.05) is 11.9 Å². The van der Waals surface area contributed by atoms with Crippen molar-refractivity contribution in [2.75, 3.05) is 18.6 Å². The van der Waals surface area contributed by atoms with Crippen molar-refractivity contribution in [1.82, 2.24) is 4.90 Å². The normalized spacial score (nSPS) is 33.4. The highest BCUT2D eigenvalue weighted by atomic mass is 32.2. The van der Waals surface area contributed by atoms with Crippen molar-refractivity contribution in [2.24, 2.45) is 10.9 Å². The number of carbonyl (C=O) groups excluding carboxylic acids is 1. The summed E-state index contributed by atoms with van der Waals surface area (Å²) in [5.41, 5.74) is 0. The number of thioether (sulfide) groups is 1. The zero-order valence-corrected chi connectivity index (χ0v) is 11.7. The van der Waals surface area contributed by atoms with Crippen molar-refractivity contribution in [3.05, 3.63) is 0 Å². The Morgan fingerprint density at radius 2 is 2.12 bits per heavy atom. The number of aliphatic imine (C=N–C) groups is 1. The summed E-state index contributed by atoms with van der Waals surface area (Å²) in [4.78, 5) is 17.4. The van der Waals surface area contributed by atoms with Crippen LogP contribution in [0.2, 0.25) is 0 Å². The molecule has 2 heterocycles. The van der Waals surface area contributed by atoms with Gasteiger partial charge in [0.15, 0.2) is 15.0 Å². The zero-order chi connectivity index (χ0) is 12.8. The van der Waals surface area contributed by atoms with Crippen molar-refractivity contribution >= 4 is 32.7 Å². The topological polar surface area (TPSA) is 66.8 Å². The summed E-state index contributed by atoms with van der Waals surface area (Å²) in [7, 11) is -1.10. The molecule has 0 unspecified atom stereocenters. The van der Waals surface area contributed by atoms with Gasteiger partial charge in [-0.25, -0.2) is 8.42 Å². The van der Waals surface area contributed by atoms with Gasteiger partial charge in [0, 0.05) is 18.2 Å². The number of amidine groups is 1. The first-order valence-corrected chi connectivity index (χ1v) is 8.23. The van der Waals surface area contributed by atoms with Crippen LogP contribution in [0.15, 0.2) is 4.99 Å². The first-order valence-electron chi connectivity index (χ1n) is 5.52. The van der Waals surface area contributed by atoms with Crippen molar-refractivity contribution in [3.8, 4) is 0 Å². The Bertz CT molecular complexity index is 470. The van der Waals surface area contributed by atoms with E-state index in [0.29, 0.717) is 5.17 Å². The summed E-state index contributed by atoms with van der Waals surface area (Å²) in [6.45, 7) is 3.61. The average molecular weight is 276 g/mol. The van der Waals surface area contributed by atoms with Crippen LogP contribution >= 0.6 is 11.8 Å². The molecule has 2 saturated heterocycles. The molecule has 0 aromatic rings. The summed E-state index contributed by atoms with van der Waals surface area (Å²) in [5.74, 6) is 0.0975. The number of hydrogen-bond donors (Lipinski definition) is 0. The van der Waals surface area contributed by atoms with Crippen LogP contribution in [0.3, 0.4) is 0 Å². The fourth-order valence-electron chi connectivity index (χ4n) is 1.96. The molecule has 0 aromatic carbocycles. The number of fused-ring (bicyclic) bond motifs is 1. The molecular formula is C10H16N2O3S2. The Labute approximate surface area is 106 Å². The summed E-state index contributed by atoms with van der Waals surface area (Å²) in [6.07, 6.45) is 0. The highest BCUT2D eigenvalue weighted by molar-refractivity contribution is 8.15. The molecule has 5 nitrogen and oxygen atoms in total. The van der Waals surface area contributed by atoms with Crippen LogP contribution in [0.25, 0.3) is 0 Å². The molecule has 2 atom stereocenters. The first-order chi connectivity index (χ1) is 7.80. The van der Waals surface area contributed by atoms with Crippen molar-refractivity contribution in [3.63, 3.8) is 0 Å². The second kappa shape index (κ2) is 4.28. The van der Waals surface area contributed by atoms with Gasteiger partial charge in [-0.1, -0.05) is 25.6 Å². The molecule has 17 heavy (non-hydrogen) atoms. The number of rotatable bonds is 1. The van der Waals surface area contributed by atoms with Gasteiger partial charge in [0.05, 0.1) is 17.5 Å². The van der Waals surface area contributed by atoms with Gasteiger partial charge in [-0.3, -0.25) is 4.79 Å². The molecule has 0 spiro atoms. The second-order valence-corrected chi connectivity index (χ2v) is 8.16. The average Bonchev–Trinajstić information content (AvgIpc) is 2.62. The molecule has 2 fully saturated rings. The fourth-order valence-corrected chi connectivity index (χ4v) is 5.96. The maximum atomic E-state index is 11.5. The predicted molar refractivity (Wildman–Crippen MR) is 68.9 cm³/mol. The lowest BCUT2D eigenvalue weighted by Gasteiger charge is -2.18. The molecule has 0 radical (unpaired) electrons. The number of sulfone groups is 1. The highest BCUT2D eigenvalue weighted by Crippen LogP contribution is 2.37. The van der Waals surface area contributed by atoms with E-state index in [-0.39, 0.29) is 34.6 Å². The molecule has 96 valence electrons. The maximum absolute atomic E-state index is 11.5. The van der Waals surface area contributed by atoms with Crippen LogP contribution in [0.4, 0.5) is 0 Å². The zero-order valence-electron chi connectivity index (χ0n) is 10.1. The Kier molecular flexibility index (Phi) is 3.24. The third kappa shape index (κ3) is 2.49. The lowest BCUT2D eigenvalue weighted by Crippen LogP contribution is -2.34. The maximum Gasteiger partial charge on any atom is 0.250 e. The molecule has 2 aliphatic heterocycles. The fraction of sp³-hybridized carbons (Fsp3) is 0.800. The lowest BCUT2D eigenvalue weighted by atomic mass is 10.2. The Morgan fingerprint density at radius 1 is 1.47 bits per heavy atom. The van der Waals surface area contributed by atoms with Gasteiger partial charge >= 0.3 is 0 Å². The highest BCUT2D eigenvalue weighted by Gasteiger charge is 2.47. The smallest absolute Gasteiger partial charge is 0.250 e. The molecule has 0 aliphatic carbocycles. The summed E-state index contributed by atoms with van der Waals surface area (Å²) < 4.78 is 23.0. The summed E-state index contributed by atoms with van der Waals surface area (Å²) >= 11 is 1.41. The Hall–Kier alpha value is -0.560. The van der Waals surface area contributed by atoms with Crippen LogP contribution < -0.4 is 0 Å². The van der Waals surface area contributed by atoms with E-state index in [2.05, 4.69) is 4.99 Å². The van der Waals surface area contributed by atoms with Gasteiger partial charge in [0.2, 0.25) is 0 Å². The van der Waals surface area contributed by atoms with Gasteiger partial charge in [-0.05, 0) is 0 Å². The van der Waals surface area contributed by atoms with Gasteiger partial charge < -0.3 is 4.90 Å². The Morgan fingerprint density at radius 3 is 2.65 bits per heavy atom. The number of hydrogen-bond acceptors (Lipinski definition) is 4. The molecule has 1 amide bonds. The monoisotopic (exact) mass is 276 g/mol. The third-order valence-electron chi connectivity index (χ3n) is 3.03. The SMILES string of the molecule is CC(C)C(=O)N=C1S[C@H]2CS(=O)(=O)C[C@@H]2N1C. The van der Waals surface area contributed by atoms with Crippen LogP contribution in [0.1, 0.15) is 13.8 Å². The van der Waals surface area contributed by atoms with Crippen LogP contribution in [0.5, 0.6) is 0 Å². The minimum absolute atomic E-state index is 0.0243. The molecule has 7 heteroatoms. The van der Waals surface area contributed by atoms with Crippen molar-refractivity contribution in [1.29, 1.82) is 0 Å². The minimum atomic E-state index is -2.91. The molecule has 2 rings (SSSR count). The van der Waals surface area contributed by atoms with Crippen molar-refractivity contribution in [2.45, 2.75) is 25.1 Å². The third-order valence-corrected chi connectivity index (χ3v) is 6.33. The van der Waals surface area contributed by atoms with Gasteiger partial charge in [0.1, 0.15) is 0 Å². The van der Waals surface area contributed by atoms with Crippen LogP contribution in [0, 0.1) is 5.92 Å². The van der Waals surface area contributed by atoms with E-state index in [1.54, 1.807) is 13.8 Å². The summed E-state index contributed by atoms with van der Waals surface area (Å²) in [5, 5.41) is 0.692. The van der Waals surface area contributed by atoms with E-state index in [4.69, 9.17) is 0 Å². The molecule has 0 saturated carbocycles. The molecule has 0 aromatic heterocycles. The quantitative estimate of drug-likeness (QED) is 0.692. The summed E-state index contributed by atoms with van der Waals surface area (Å²) in [6, 6.07) is -0.0243. The minimum Gasteiger partial charge on any atom is -0.349 e. The molecule has 2 aliphatic rings. The van der Waals surface area contributed by atoms with E-state index >= 15 is 0 Å². The van der Waals surface area contributed by atoms with Gasteiger partial charge in [0.25, 0.3) is 5.91 Å². The number of nitrogens with zero attached hydrogens (tertiary/aromatic N) is 2. The van der Waals surface area contributed by atoms with Crippen molar-refractivity contribution < 1.29 is 13.2 Å².